The molecule has 1 N–H and O–H groups in total. The van der Waals surface area contributed by atoms with E-state index in [1.165, 1.54) is 23.1 Å². The summed E-state index contributed by atoms with van der Waals surface area (Å²) in [5.74, 6) is 0.850. The van der Waals surface area contributed by atoms with Gasteiger partial charge in [-0.25, -0.2) is 15.0 Å². The first-order valence-electron chi connectivity index (χ1n) is 8.37. The van der Waals surface area contributed by atoms with E-state index in [0.29, 0.717) is 11.0 Å². The lowest BCUT2D eigenvalue weighted by atomic mass is 10.1. The summed E-state index contributed by atoms with van der Waals surface area (Å²) >= 11 is 2.86. The van der Waals surface area contributed by atoms with E-state index in [1.807, 2.05) is 67.6 Å². The van der Waals surface area contributed by atoms with Crippen molar-refractivity contribution in [2.24, 2.45) is 0 Å². The van der Waals surface area contributed by atoms with Gasteiger partial charge in [-0.3, -0.25) is 4.79 Å². The van der Waals surface area contributed by atoms with Crippen LogP contribution in [0.3, 0.4) is 0 Å². The number of aromatic nitrogens is 3. The molecule has 0 atom stereocenters. The van der Waals surface area contributed by atoms with Crippen LogP contribution in [0.25, 0.3) is 21.5 Å². The molecule has 0 spiro atoms. The number of thioether (sulfide) groups is 1. The fourth-order valence-electron chi connectivity index (χ4n) is 2.59. The molecule has 0 aliphatic rings. The van der Waals surface area contributed by atoms with Crippen LogP contribution in [0.4, 0.5) is 5.13 Å². The van der Waals surface area contributed by atoms with Gasteiger partial charge in [-0.2, -0.15) is 0 Å². The van der Waals surface area contributed by atoms with Crippen LogP contribution in [0.15, 0.2) is 65.7 Å². The zero-order valence-electron chi connectivity index (χ0n) is 14.5. The van der Waals surface area contributed by atoms with Crippen LogP contribution in [0.5, 0.6) is 0 Å². The van der Waals surface area contributed by atoms with Crippen LogP contribution in [-0.2, 0) is 4.79 Å². The van der Waals surface area contributed by atoms with Gasteiger partial charge >= 0.3 is 0 Å². The number of nitrogens with zero attached hydrogens (tertiary/aromatic N) is 3. The lowest BCUT2D eigenvalue weighted by Crippen LogP contribution is -2.14. The fourth-order valence-corrected chi connectivity index (χ4v) is 4.22. The summed E-state index contributed by atoms with van der Waals surface area (Å²) in [6.07, 6.45) is 0. The molecule has 2 aromatic carbocycles. The van der Waals surface area contributed by atoms with Crippen molar-refractivity contribution in [1.82, 2.24) is 15.0 Å². The van der Waals surface area contributed by atoms with Crippen LogP contribution < -0.4 is 5.32 Å². The Bertz CT molecular complexity index is 1060. The van der Waals surface area contributed by atoms with Gasteiger partial charge in [0.2, 0.25) is 5.91 Å². The molecule has 27 heavy (non-hydrogen) atoms. The highest BCUT2D eigenvalue weighted by molar-refractivity contribution is 7.99. The normalized spacial score (nSPS) is 10.9. The number of thiazole rings is 1. The Morgan fingerprint density at radius 2 is 1.81 bits per heavy atom. The molecule has 0 saturated heterocycles. The standard InChI is InChI=1S/C20H16N4OS2/c1-13-21-16(14-7-3-2-4-8-14)11-19(22-13)26-12-18(25)24-20-23-15-9-5-6-10-17(15)27-20/h2-11H,12H2,1H3,(H,23,24,25). The van der Waals surface area contributed by atoms with E-state index in [-0.39, 0.29) is 11.7 Å². The molecule has 134 valence electrons. The van der Waals surface area contributed by atoms with Crippen molar-refractivity contribution in [2.45, 2.75) is 11.9 Å². The van der Waals surface area contributed by atoms with Gasteiger partial charge in [0, 0.05) is 5.56 Å². The Hall–Kier alpha value is -2.77. The van der Waals surface area contributed by atoms with Crippen LogP contribution in [0, 0.1) is 6.92 Å². The van der Waals surface area contributed by atoms with Crippen molar-refractivity contribution in [3.8, 4) is 11.3 Å². The molecule has 7 heteroatoms. The van der Waals surface area contributed by atoms with E-state index in [4.69, 9.17) is 0 Å². The highest BCUT2D eigenvalue weighted by Gasteiger charge is 2.10. The van der Waals surface area contributed by atoms with Gasteiger partial charge in [-0.05, 0) is 25.1 Å². The van der Waals surface area contributed by atoms with Crippen molar-refractivity contribution in [2.75, 3.05) is 11.1 Å². The van der Waals surface area contributed by atoms with Gasteiger partial charge in [-0.1, -0.05) is 65.6 Å². The molecule has 0 unspecified atom stereocenters. The first-order valence-corrected chi connectivity index (χ1v) is 10.2. The summed E-state index contributed by atoms with van der Waals surface area (Å²) < 4.78 is 1.05. The Labute approximate surface area is 164 Å². The Balaban J connectivity index is 1.43. The maximum atomic E-state index is 12.3. The molecule has 5 nitrogen and oxygen atoms in total. The predicted molar refractivity (Wildman–Crippen MR) is 111 cm³/mol. The molecule has 1 amide bonds. The number of carbonyl (C=O) groups excluding carboxylic acids is 1. The SMILES string of the molecule is Cc1nc(SCC(=O)Nc2nc3ccccc3s2)cc(-c2ccccc2)n1. The minimum Gasteiger partial charge on any atom is -0.301 e. The summed E-state index contributed by atoms with van der Waals surface area (Å²) in [7, 11) is 0. The molecular weight excluding hydrogens is 376 g/mol. The topological polar surface area (TPSA) is 67.8 Å². The minimum absolute atomic E-state index is 0.100. The summed E-state index contributed by atoms with van der Waals surface area (Å²) in [5, 5.41) is 4.26. The second-order valence-corrected chi connectivity index (χ2v) is 7.85. The third-order valence-electron chi connectivity index (χ3n) is 3.78. The highest BCUT2D eigenvalue weighted by atomic mass is 32.2. The number of carbonyl (C=O) groups is 1. The lowest BCUT2D eigenvalue weighted by Gasteiger charge is -2.06. The number of fused-ring (bicyclic) bond motifs is 1. The summed E-state index contributed by atoms with van der Waals surface area (Å²) in [6, 6.07) is 19.7. The van der Waals surface area contributed by atoms with E-state index in [0.717, 1.165) is 26.5 Å². The minimum atomic E-state index is -0.100. The second kappa shape index (κ2) is 7.85. The van der Waals surface area contributed by atoms with E-state index < -0.39 is 0 Å². The fraction of sp³-hybridized carbons (Fsp3) is 0.100. The number of anilines is 1. The molecule has 4 rings (SSSR count). The van der Waals surface area contributed by atoms with Gasteiger partial charge in [-0.15, -0.1) is 0 Å². The zero-order valence-corrected chi connectivity index (χ0v) is 16.2. The lowest BCUT2D eigenvalue weighted by molar-refractivity contribution is -0.113. The van der Waals surface area contributed by atoms with Gasteiger partial charge in [0.05, 0.1) is 21.7 Å². The summed E-state index contributed by atoms with van der Waals surface area (Å²) in [6.45, 7) is 1.86. The van der Waals surface area contributed by atoms with Crippen molar-refractivity contribution >= 4 is 44.4 Å². The van der Waals surface area contributed by atoms with Crippen molar-refractivity contribution < 1.29 is 4.79 Å². The van der Waals surface area contributed by atoms with Crippen LogP contribution in [-0.4, -0.2) is 26.6 Å². The smallest absolute Gasteiger partial charge is 0.236 e. The summed E-state index contributed by atoms with van der Waals surface area (Å²) in [4.78, 5) is 25.6. The van der Waals surface area contributed by atoms with Crippen molar-refractivity contribution in [3.63, 3.8) is 0 Å². The summed E-state index contributed by atoms with van der Waals surface area (Å²) in [5.41, 5.74) is 2.78. The maximum absolute atomic E-state index is 12.3. The average molecular weight is 393 g/mol. The molecular formula is C20H16N4OS2. The van der Waals surface area contributed by atoms with Crippen molar-refractivity contribution in [1.29, 1.82) is 0 Å². The number of hydrogen-bond acceptors (Lipinski definition) is 6. The molecule has 0 aliphatic carbocycles. The molecule has 0 radical (unpaired) electrons. The van der Waals surface area contributed by atoms with Crippen LogP contribution in [0.2, 0.25) is 0 Å². The molecule has 0 fully saturated rings. The Kier molecular flexibility index (Phi) is 5.13. The van der Waals surface area contributed by atoms with Gasteiger partial charge in [0.1, 0.15) is 10.9 Å². The number of rotatable bonds is 5. The van der Waals surface area contributed by atoms with Crippen LogP contribution >= 0.6 is 23.1 Å². The van der Waals surface area contributed by atoms with E-state index in [1.54, 1.807) is 0 Å². The van der Waals surface area contributed by atoms with E-state index in [2.05, 4.69) is 20.3 Å². The quantitative estimate of drug-likeness (QED) is 0.391. The van der Waals surface area contributed by atoms with Crippen molar-refractivity contribution in [3.05, 3.63) is 66.5 Å². The number of aryl methyl sites for hydroxylation is 1. The number of hydrogen-bond donors (Lipinski definition) is 1. The molecule has 2 heterocycles. The van der Waals surface area contributed by atoms with E-state index >= 15 is 0 Å². The number of benzene rings is 2. The molecule has 4 aromatic rings. The molecule has 0 saturated carbocycles. The second-order valence-electron chi connectivity index (χ2n) is 5.83. The largest absolute Gasteiger partial charge is 0.301 e. The van der Waals surface area contributed by atoms with Gasteiger partial charge < -0.3 is 5.32 Å². The third kappa shape index (κ3) is 4.32. The van der Waals surface area contributed by atoms with E-state index in [9.17, 15) is 4.79 Å². The first kappa shape index (κ1) is 17.6. The first-order chi connectivity index (χ1) is 13.2. The Morgan fingerprint density at radius 3 is 2.63 bits per heavy atom. The molecule has 0 bridgehead atoms. The Morgan fingerprint density at radius 1 is 1.04 bits per heavy atom. The number of nitrogens with one attached hydrogen (secondary N) is 1. The van der Waals surface area contributed by atoms with Crippen LogP contribution in [0.1, 0.15) is 5.82 Å². The molecule has 2 aromatic heterocycles. The number of para-hydroxylation sites is 1. The third-order valence-corrected chi connectivity index (χ3v) is 5.64. The molecule has 0 aliphatic heterocycles. The highest BCUT2D eigenvalue weighted by Crippen LogP contribution is 2.26. The monoisotopic (exact) mass is 392 g/mol. The maximum Gasteiger partial charge on any atom is 0.236 e. The van der Waals surface area contributed by atoms with Gasteiger partial charge in [0.25, 0.3) is 0 Å². The zero-order chi connectivity index (χ0) is 18.6. The average Bonchev–Trinajstić information content (AvgIpc) is 3.09. The van der Waals surface area contributed by atoms with Gasteiger partial charge in [0.15, 0.2) is 5.13 Å². The number of amides is 1. The predicted octanol–water partition coefficient (Wildman–Crippen LogP) is 4.79.